The Bertz CT molecular complexity index is 560. The number of hydrogen-bond donors (Lipinski definition) is 2. The molecule has 0 spiro atoms. The standard InChI is InChI=1S/C13H14ClN3/c1-2-15-7-12-16-11-6-8-5-9(14)3-4-10(8)13(11)17-12/h3-5,15H,2,6-7H2,1H3,(H,16,17). The molecule has 0 unspecified atom stereocenters. The monoisotopic (exact) mass is 247 g/mol. The molecule has 0 fully saturated rings. The molecule has 88 valence electrons. The molecule has 0 amide bonds. The zero-order valence-electron chi connectivity index (χ0n) is 9.68. The van der Waals surface area contributed by atoms with Crippen LogP contribution in [0.15, 0.2) is 18.2 Å². The second-order valence-electron chi connectivity index (χ2n) is 4.27. The quantitative estimate of drug-likeness (QED) is 0.747. The van der Waals surface area contributed by atoms with Crippen molar-refractivity contribution in [1.29, 1.82) is 0 Å². The highest BCUT2D eigenvalue weighted by Crippen LogP contribution is 2.36. The smallest absolute Gasteiger partial charge is 0.121 e. The van der Waals surface area contributed by atoms with Gasteiger partial charge in [-0.15, -0.1) is 0 Å². The van der Waals surface area contributed by atoms with Gasteiger partial charge in [-0.3, -0.25) is 0 Å². The molecule has 3 nitrogen and oxygen atoms in total. The number of fused-ring (bicyclic) bond motifs is 3. The second-order valence-corrected chi connectivity index (χ2v) is 4.71. The van der Waals surface area contributed by atoms with Crippen LogP contribution in [0.1, 0.15) is 24.0 Å². The van der Waals surface area contributed by atoms with E-state index in [4.69, 9.17) is 11.6 Å². The Morgan fingerprint density at radius 2 is 2.35 bits per heavy atom. The van der Waals surface area contributed by atoms with Gasteiger partial charge in [0.2, 0.25) is 0 Å². The predicted molar refractivity (Wildman–Crippen MR) is 69.2 cm³/mol. The Morgan fingerprint density at radius 1 is 1.47 bits per heavy atom. The third-order valence-corrected chi connectivity index (χ3v) is 3.29. The number of aromatic nitrogens is 2. The number of rotatable bonds is 3. The lowest BCUT2D eigenvalue weighted by Crippen LogP contribution is -2.12. The average molecular weight is 248 g/mol. The van der Waals surface area contributed by atoms with Gasteiger partial charge in [0.1, 0.15) is 5.82 Å². The van der Waals surface area contributed by atoms with Crippen LogP contribution in [0.4, 0.5) is 0 Å². The molecule has 1 aliphatic rings. The van der Waals surface area contributed by atoms with E-state index in [2.05, 4.69) is 28.3 Å². The van der Waals surface area contributed by atoms with Crippen molar-refractivity contribution in [3.8, 4) is 11.3 Å². The topological polar surface area (TPSA) is 40.7 Å². The van der Waals surface area contributed by atoms with Gasteiger partial charge in [-0.25, -0.2) is 4.98 Å². The van der Waals surface area contributed by atoms with Crippen molar-refractivity contribution in [3.05, 3.63) is 40.3 Å². The number of H-pyrrole nitrogens is 1. The van der Waals surface area contributed by atoms with Gasteiger partial charge in [0, 0.05) is 22.7 Å². The third kappa shape index (κ3) is 1.85. The van der Waals surface area contributed by atoms with Gasteiger partial charge in [-0.05, 0) is 24.2 Å². The summed E-state index contributed by atoms with van der Waals surface area (Å²) in [7, 11) is 0. The summed E-state index contributed by atoms with van der Waals surface area (Å²) in [6, 6.07) is 6.01. The van der Waals surface area contributed by atoms with Crippen LogP contribution in [-0.4, -0.2) is 16.5 Å². The number of hydrogen-bond acceptors (Lipinski definition) is 2. The van der Waals surface area contributed by atoms with Crippen molar-refractivity contribution >= 4 is 11.6 Å². The van der Waals surface area contributed by atoms with Gasteiger partial charge in [0.05, 0.1) is 12.2 Å². The van der Waals surface area contributed by atoms with Crippen LogP contribution in [0.25, 0.3) is 11.3 Å². The molecule has 1 aromatic carbocycles. The van der Waals surface area contributed by atoms with E-state index < -0.39 is 0 Å². The van der Waals surface area contributed by atoms with Crippen LogP contribution in [-0.2, 0) is 13.0 Å². The maximum absolute atomic E-state index is 5.99. The molecule has 2 N–H and O–H groups in total. The lowest BCUT2D eigenvalue weighted by molar-refractivity contribution is 0.696. The fraction of sp³-hybridized carbons (Fsp3) is 0.308. The van der Waals surface area contributed by atoms with Crippen molar-refractivity contribution in [1.82, 2.24) is 15.3 Å². The molecule has 1 heterocycles. The van der Waals surface area contributed by atoms with Crippen LogP contribution < -0.4 is 5.32 Å². The van der Waals surface area contributed by atoms with Crippen molar-refractivity contribution in [2.24, 2.45) is 0 Å². The maximum atomic E-state index is 5.99. The highest BCUT2D eigenvalue weighted by Gasteiger charge is 2.22. The number of nitrogens with zero attached hydrogens (tertiary/aromatic N) is 1. The number of aromatic amines is 1. The molecule has 3 rings (SSSR count). The van der Waals surface area contributed by atoms with E-state index in [1.807, 2.05) is 12.1 Å². The molecule has 1 aliphatic carbocycles. The van der Waals surface area contributed by atoms with Crippen LogP contribution in [0.3, 0.4) is 0 Å². The van der Waals surface area contributed by atoms with Gasteiger partial charge in [-0.2, -0.15) is 0 Å². The molecular formula is C13H14ClN3. The molecular weight excluding hydrogens is 234 g/mol. The Kier molecular flexibility index (Phi) is 2.65. The summed E-state index contributed by atoms with van der Waals surface area (Å²) in [6.45, 7) is 3.85. The lowest BCUT2D eigenvalue weighted by Gasteiger charge is -2.00. The molecule has 0 atom stereocenters. The first kappa shape index (κ1) is 10.8. The van der Waals surface area contributed by atoms with Gasteiger partial charge >= 0.3 is 0 Å². The maximum Gasteiger partial charge on any atom is 0.121 e. The number of imidazole rings is 1. The predicted octanol–water partition coefficient (Wildman–Crippen LogP) is 2.74. The van der Waals surface area contributed by atoms with E-state index in [1.165, 1.54) is 16.8 Å². The molecule has 1 aromatic heterocycles. The van der Waals surface area contributed by atoms with Crippen LogP contribution >= 0.6 is 11.6 Å². The largest absolute Gasteiger partial charge is 0.344 e. The minimum Gasteiger partial charge on any atom is -0.344 e. The molecule has 0 saturated carbocycles. The molecule has 17 heavy (non-hydrogen) atoms. The molecule has 0 saturated heterocycles. The Hall–Kier alpha value is -1.32. The Morgan fingerprint density at radius 3 is 3.18 bits per heavy atom. The third-order valence-electron chi connectivity index (χ3n) is 3.06. The minimum atomic E-state index is 0.793. The van der Waals surface area contributed by atoms with Crippen LogP contribution in [0.2, 0.25) is 5.02 Å². The highest BCUT2D eigenvalue weighted by molar-refractivity contribution is 6.30. The summed E-state index contributed by atoms with van der Waals surface area (Å²) in [5.41, 5.74) is 4.77. The molecule has 0 aliphatic heterocycles. The number of halogens is 1. The molecule has 0 bridgehead atoms. The summed E-state index contributed by atoms with van der Waals surface area (Å²) < 4.78 is 0. The van der Waals surface area contributed by atoms with E-state index in [1.54, 1.807) is 0 Å². The summed E-state index contributed by atoms with van der Waals surface area (Å²) >= 11 is 5.99. The van der Waals surface area contributed by atoms with Crippen molar-refractivity contribution in [3.63, 3.8) is 0 Å². The van der Waals surface area contributed by atoms with Crippen molar-refractivity contribution in [2.75, 3.05) is 6.54 Å². The van der Waals surface area contributed by atoms with Gasteiger partial charge in [0.25, 0.3) is 0 Å². The van der Waals surface area contributed by atoms with Crippen molar-refractivity contribution < 1.29 is 0 Å². The summed E-state index contributed by atoms with van der Waals surface area (Å²) in [6.07, 6.45) is 0.907. The summed E-state index contributed by atoms with van der Waals surface area (Å²) in [5, 5.41) is 4.06. The highest BCUT2D eigenvalue weighted by atomic mass is 35.5. The van der Waals surface area contributed by atoms with Crippen LogP contribution in [0.5, 0.6) is 0 Å². The first-order valence-corrected chi connectivity index (χ1v) is 6.23. The average Bonchev–Trinajstić information content (AvgIpc) is 2.82. The van der Waals surface area contributed by atoms with Gasteiger partial charge in [0.15, 0.2) is 0 Å². The first-order chi connectivity index (χ1) is 8.28. The van der Waals surface area contributed by atoms with E-state index in [9.17, 15) is 0 Å². The normalized spacial score (nSPS) is 12.6. The Balaban J connectivity index is 1.95. The zero-order valence-corrected chi connectivity index (χ0v) is 10.4. The van der Waals surface area contributed by atoms with Gasteiger partial charge < -0.3 is 10.3 Å². The lowest BCUT2D eigenvalue weighted by atomic mass is 10.1. The molecule has 4 heteroatoms. The zero-order chi connectivity index (χ0) is 11.8. The number of nitrogens with one attached hydrogen (secondary N) is 2. The van der Waals surface area contributed by atoms with E-state index in [0.717, 1.165) is 36.1 Å². The molecule has 0 radical (unpaired) electrons. The van der Waals surface area contributed by atoms with Crippen molar-refractivity contribution in [2.45, 2.75) is 19.9 Å². The fourth-order valence-electron chi connectivity index (χ4n) is 2.27. The fourth-order valence-corrected chi connectivity index (χ4v) is 2.47. The SMILES string of the molecule is CCNCc1nc2c([nH]1)Cc1cc(Cl)ccc1-2. The van der Waals surface area contributed by atoms with E-state index in [0.29, 0.717) is 0 Å². The summed E-state index contributed by atoms with van der Waals surface area (Å²) in [4.78, 5) is 8.02. The van der Waals surface area contributed by atoms with E-state index in [-0.39, 0.29) is 0 Å². The van der Waals surface area contributed by atoms with E-state index >= 15 is 0 Å². The first-order valence-electron chi connectivity index (χ1n) is 5.85. The van der Waals surface area contributed by atoms with Crippen LogP contribution in [0, 0.1) is 0 Å². The number of benzene rings is 1. The minimum absolute atomic E-state index is 0.793. The summed E-state index contributed by atoms with van der Waals surface area (Å²) in [5.74, 6) is 1.01. The second kappa shape index (κ2) is 4.17. The molecule has 2 aromatic rings. The van der Waals surface area contributed by atoms with Gasteiger partial charge in [-0.1, -0.05) is 24.6 Å². The Labute approximate surface area is 105 Å².